The maximum atomic E-state index is 12.9. The zero-order chi connectivity index (χ0) is 19.9. The van der Waals surface area contributed by atoms with Crippen molar-refractivity contribution in [1.82, 2.24) is 15.6 Å². The van der Waals surface area contributed by atoms with Gasteiger partial charge in [-0.05, 0) is 43.7 Å². The van der Waals surface area contributed by atoms with Crippen LogP contribution in [0.3, 0.4) is 0 Å². The number of urea groups is 1. The van der Waals surface area contributed by atoms with Gasteiger partial charge in [0, 0.05) is 36.5 Å². The summed E-state index contributed by atoms with van der Waals surface area (Å²) in [5, 5.41) is 5.11. The Morgan fingerprint density at radius 2 is 1.86 bits per heavy atom. The molecule has 7 heteroatoms. The van der Waals surface area contributed by atoms with E-state index in [1.165, 1.54) is 5.01 Å². The van der Waals surface area contributed by atoms with E-state index in [1.807, 2.05) is 49.1 Å². The first-order valence-corrected chi connectivity index (χ1v) is 9.77. The molecular weight excluding hydrogens is 376 g/mol. The highest BCUT2D eigenvalue weighted by atomic mass is 35.5. The van der Waals surface area contributed by atoms with Gasteiger partial charge in [0.15, 0.2) is 0 Å². The number of nitrogens with zero attached hydrogens (tertiary/aromatic N) is 2. The second kappa shape index (κ2) is 7.11. The summed E-state index contributed by atoms with van der Waals surface area (Å²) < 4.78 is 0. The van der Waals surface area contributed by atoms with E-state index in [9.17, 15) is 9.59 Å². The van der Waals surface area contributed by atoms with Gasteiger partial charge >= 0.3 is 6.03 Å². The van der Waals surface area contributed by atoms with Crippen molar-refractivity contribution in [3.05, 3.63) is 64.2 Å². The van der Waals surface area contributed by atoms with Crippen molar-refractivity contribution in [2.75, 3.05) is 18.1 Å². The minimum Gasteiger partial charge on any atom is -0.338 e. The fraction of sp³-hybridized carbons (Fsp3) is 0.333. The van der Waals surface area contributed by atoms with Crippen LogP contribution in [0.5, 0.6) is 0 Å². The molecule has 0 aliphatic carbocycles. The summed E-state index contributed by atoms with van der Waals surface area (Å²) in [6.07, 6.45) is 1.26. The van der Waals surface area contributed by atoms with Gasteiger partial charge in [-0.25, -0.2) is 15.2 Å². The maximum Gasteiger partial charge on any atom is 0.338 e. The Labute approximate surface area is 169 Å². The molecule has 3 amide bonds. The lowest BCUT2D eigenvalue weighted by molar-refractivity contribution is 0.0640. The number of anilines is 1. The van der Waals surface area contributed by atoms with Crippen molar-refractivity contribution >= 4 is 29.2 Å². The second-order valence-corrected chi connectivity index (χ2v) is 7.99. The van der Waals surface area contributed by atoms with Crippen LogP contribution in [0.15, 0.2) is 42.5 Å². The summed E-state index contributed by atoms with van der Waals surface area (Å²) >= 11 is 6.05. The molecule has 2 aliphatic heterocycles. The van der Waals surface area contributed by atoms with Crippen LogP contribution in [0.4, 0.5) is 10.5 Å². The van der Waals surface area contributed by atoms with Gasteiger partial charge in [0.05, 0.1) is 5.69 Å². The number of aryl methyl sites for hydroxylation is 2. The summed E-state index contributed by atoms with van der Waals surface area (Å²) in [7, 11) is 0. The van der Waals surface area contributed by atoms with Crippen molar-refractivity contribution in [1.29, 1.82) is 0 Å². The van der Waals surface area contributed by atoms with Crippen LogP contribution in [0.2, 0.25) is 5.02 Å². The molecule has 2 saturated heterocycles. The van der Waals surface area contributed by atoms with Crippen LogP contribution < -0.4 is 15.8 Å². The van der Waals surface area contributed by atoms with E-state index in [1.54, 1.807) is 12.1 Å². The number of carbonyl (C=O) groups excluding carboxylic acids is 2. The minimum atomic E-state index is -0.543. The molecule has 4 rings (SSSR count). The van der Waals surface area contributed by atoms with Crippen molar-refractivity contribution in [3.63, 3.8) is 0 Å². The first kappa shape index (κ1) is 18.8. The zero-order valence-corrected chi connectivity index (χ0v) is 16.7. The number of rotatable bonds is 2. The van der Waals surface area contributed by atoms with Gasteiger partial charge in [0.25, 0.3) is 5.91 Å². The van der Waals surface area contributed by atoms with Crippen molar-refractivity contribution in [2.45, 2.75) is 32.4 Å². The number of halogens is 1. The van der Waals surface area contributed by atoms with Crippen LogP contribution in [-0.2, 0) is 0 Å². The molecule has 2 aromatic carbocycles. The number of nitrogens with one attached hydrogen (secondary N) is 2. The van der Waals surface area contributed by atoms with Gasteiger partial charge in [-0.1, -0.05) is 35.4 Å². The zero-order valence-electron chi connectivity index (χ0n) is 16.0. The van der Waals surface area contributed by atoms with E-state index >= 15 is 0 Å². The molecule has 2 N–H and O–H groups in total. The Morgan fingerprint density at radius 3 is 2.54 bits per heavy atom. The molecule has 0 atom stereocenters. The molecule has 28 heavy (non-hydrogen) atoms. The predicted octanol–water partition coefficient (Wildman–Crippen LogP) is 3.62. The highest BCUT2D eigenvalue weighted by Crippen LogP contribution is 2.29. The molecule has 0 radical (unpaired) electrons. The van der Waals surface area contributed by atoms with Gasteiger partial charge < -0.3 is 10.2 Å². The Balaban J connectivity index is 1.45. The van der Waals surface area contributed by atoms with E-state index in [4.69, 9.17) is 11.6 Å². The van der Waals surface area contributed by atoms with Crippen LogP contribution >= 0.6 is 11.6 Å². The number of piperidine rings is 1. The second-order valence-electron chi connectivity index (χ2n) is 7.55. The first-order valence-electron chi connectivity index (χ1n) is 9.39. The van der Waals surface area contributed by atoms with E-state index in [-0.39, 0.29) is 11.9 Å². The number of likely N-dealkylation sites (tertiary alicyclic amines) is 1. The van der Waals surface area contributed by atoms with Crippen molar-refractivity contribution < 1.29 is 9.59 Å². The van der Waals surface area contributed by atoms with Crippen molar-refractivity contribution in [3.8, 4) is 0 Å². The van der Waals surface area contributed by atoms with Gasteiger partial charge in [-0.3, -0.25) is 4.79 Å². The third-order valence-electron chi connectivity index (χ3n) is 5.46. The van der Waals surface area contributed by atoms with E-state index in [0.717, 1.165) is 16.7 Å². The average Bonchev–Trinajstić information content (AvgIpc) is 2.98. The number of carbonyl (C=O) groups is 2. The van der Waals surface area contributed by atoms with E-state index < -0.39 is 5.66 Å². The normalized spacial score (nSPS) is 18.5. The lowest BCUT2D eigenvalue weighted by Crippen LogP contribution is -2.58. The monoisotopic (exact) mass is 398 g/mol. The number of hydrogen-bond acceptors (Lipinski definition) is 3. The SMILES string of the molecule is Cc1ccc(C(=O)N2CCC3(CC2)NC(=O)N(c2cccc(Cl)c2)N3)c(C)c1. The number of hydrogen-bond donors (Lipinski definition) is 2. The van der Waals surface area contributed by atoms with E-state index in [0.29, 0.717) is 36.6 Å². The third-order valence-corrected chi connectivity index (χ3v) is 5.69. The van der Waals surface area contributed by atoms with Gasteiger partial charge in [-0.15, -0.1) is 0 Å². The fourth-order valence-corrected chi connectivity index (χ4v) is 4.09. The van der Waals surface area contributed by atoms with Crippen LogP contribution in [-0.4, -0.2) is 35.6 Å². The molecule has 146 valence electrons. The molecule has 2 aliphatic rings. The van der Waals surface area contributed by atoms with Gasteiger partial charge in [0.1, 0.15) is 5.66 Å². The Bertz CT molecular complexity index is 938. The van der Waals surface area contributed by atoms with Gasteiger partial charge in [0.2, 0.25) is 0 Å². The summed E-state index contributed by atoms with van der Waals surface area (Å²) in [4.78, 5) is 27.3. The van der Waals surface area contributed by atoms with Crippen LogP contribution in [0, 0.1) is 13.8 Å². The Kier molecular flexibility index (Phi) is 4.77. The lowest BCUT2D eigenvalue weighted by atomic mass is 9.96. The molecular formula is C21H23ClN4O2. The van der Waals surface area contributed by atoms with Gasteiger partial charge in [-0.2, -0.15) is 0 Å². The number of amides is 3. The largest absolute Gasteiger partial charge is 0.338 e. The standard InChI is InChI=1S/C21H23ClN4O2/c1-14-6-7-18(15(2)12-14)19(27)25-10-8-21(9-11-25)23-20(28)26(24-21)17-5-3-4-16(22)13-17/h3-7,12-13,24H,8-11H2,1-2H3,(H,23,28). The van der Waals surface area contributed by atoms with Crippen LogP contribution in [0.1, 0.15) is 34.3 Å². The molecule has 0 unspecified atom stereocenters. The first-order chi connectivity index (χ1) is 13.4. The quantitative estimate of drug-likeness (QED) is 0.812. The smallest absolute Gasteiger partial charge is 0.338 e. The Morgan fingerprint density at radius 1 is 1.11 bits per heavy atom. The maximum absolute atomic E-state index is 12.9. The summed E-state index contributed by atoms with van der Waals surface area (Å²) in [6.45, 7) is 5.13. The molecule has 2 heterocycles. The predicted molar refractivity (Wildman–Crippen MR) is 109 cm³/mol. The number of hydrazine groups is 1. The van der Waals surface area contributed by atoms with Crippen molar-refractivity contribution in [2.24, 2.45) is 0 Å². The molecule has 6 nitrogen and oxygen atoms in total. The topological polar surface area (TPSA) is 64.7 Å². The fourth-order valence-electron chi connectivity index (χ4n) is 3.90. The van der Waals surface area contributed by atoms with Crippen LogP contribution in [0.25, 0.3) is 0 Å². The molecule has 1 spiro atoms. The third kappa shape index (κ3) is 3.45. The highest BCUT2D eigenvalue weighted by Gasteiger charge is 2.45. The minimum absolute atomic E-state index is 0.0448. The molecule has 0 saturated carbocycles. The summed E-state index contributed by atoms with van der Waals surface area (Å²) in [6, 6.07) is 12.8. The highest BCUT2D eigenvalue weighted by molar-refractivity contribution is 6.30. The average molecular weight is 399 g/mol. The lowest BCUT2D eigenvalue weighted by Gasteiger charge is -2.39. The summed E-state index contributed by atoms with van der Waals surface area (Å²) in [5.74, 6) is 0.0448. The molecule has 2 aromatic rings. The number of benzene rings is 2. The molecule has 0 bridgehead atoms. The molecule has 2 fully saturated rings. The molecule has 0 aromatic heterocycles. The summed E-state index contributed by atoms with van der Waals surface area (Å²) in [5.41, 5.74) is 6.32. The van der Waals surface area contributed by atoms with E-state index in [2.05, 4.69) is 10.7 Å². The Hall–Kier alpha value is -2.57.